The van der Waals surface area contributed by atoms with Gasteiger partial charge in [-0.2, -0.15) is 0 Å². The first-order chi connectivity index (χ1) is 20.6. The van der Waals surface area contributed by atoms with Gasteiger partial charge in [-0.1, -0.05) is 24.3 Å². The van der Waals surface area contributed by atoms with Crippen LogP contribution in [0.4, 0.5) is 10.1 Å². The van der Waals surface area contributed by atoms with Gasteiger partial charge in [-0.05, 0) is 73.0 Å². The second-order valence-corrected chi connectivity index (χ2v) is 10.6. The van der Waals surface area contributed by atoms with Crippen LogP contribution < -0.4 is 25.0 Å². The number of carbonyl (C=O) groups is 1. The fraction of sp³-hybridized carbons (Fsp3) is 0.424. The Morgan fingerprint density at radius 2 is 2.00 bits per heavy atom. The highest BCUT2D eigenvalue weighted by Gasteiger charge is 2.27. The van der Waals surface area contributed by atoms with Gasteiger partial charge in [0, 0.05) is 38.3 Å². The molecule has 42 heavy (non-hydrogen) atoms. The van der Waals surface area contributed by atoms with Crippen molar-refractivity contribution >= 4 is 11.6 Å². The van der Waals surface area contributed by atoms with Crippen LogP contribution in [0.15, 0.2) is 66.7 Å². The lowest BCUT2D eigenvalue weighted by Crippen LogP contribution is -2.41. The number of carbonyl (C=O) groups excluding carboxylic acids is 1. The normalized spacial score (nSPS) is 18.2. The lowest BCUT2D eigenvalue weighted by molar-refractivity contribution is 0.0106. The van der Waals surface area contributed by atoms with Crippen LogP contribution in [-0.2, 0) is 16.1 Å². The van der Waals surface area contributed by atoms with Gasteiger partial charge >= 0.3 is 0 Å². The van der Waals surface area contributed by atoms with Crippen LogP contribution in [0.5, 0.6) is 11.5 Å². The van der Waals surface area contributed by atoms with Crippen molar-refractivity contribution in [2.45, 2.75) is 31.5 Å². The number of anilines is 1. The number of benzene rings is 3. The summed E-state index contributed by atoms with van der Waals surface area (Å²) in [7, 11) is 1.74. The molecule has 0 aromatic heterocycles. The molecule has 1 saturated heterocycles. The van der Waals surface area contributed by atoms with E-state index in [0.29, 0.717) is 31.9 Å². The summed E-state index contributed by atoms with van der Waals surface area (Å²) in [6.07, 6.45) is 2.01. The Balaban J connectivity index is 1.12. The zero-order valence-electron chi connectivity index (χ0n) is 24.2. The molecule has 0 saturated carbocycles. The van der Waals surface area contributed by atoms with Crippen molar-refractivity contribution in [2.24, 2.45) is 0 Å². The average molecular weight is 578 g/mol. The van der Waals surface area contributed by atoms with Crippen LogP contribution in [0.2, 0.25) is 0 Å². The Morgan fingerprint density at radius 3 is 2.83 bits per heavy atom. The SMILES string of the molecule is COCCCN1CCOc2ccc(CO[C@H]3CNCC[C@@H]3c3ccc(OCCNC(=O)c4cccc(F)c4)cc3)cc21. The second-order valence-electron chi connectivity index (χ2n) is 10.6. The van der Waals surface area contributed by atoms with Crippen molar-refractivity contribution in [2.75, 3.05) is 64.6 Å². The van der Waals surface area contributed by atoms with Crippen molar-refractivity contribution in [1.82, 2.24) is 10.6 Å². The molecule has 0 spiro atoms. The van der Waals surface area contributed by atoms with E-state index in [4.69, 9.17) is 18.9 Å². The minimum Gasteiger partial charge on any atom is -0.492 e. The predicted octanol–water partition coefficient (Wildman–Crippen LogP) is 4.53. The number of nitrogens with zero attached hydrogens (tertiary/aromatic N) is 1. The van der Waals surface area contributed by atoms with Crippen molar-refractivity contribution in [3.05, 3.63) is 89.2 Å². The second kappa shape index (κ2) is 15.0. The largest absolute Gasteiger partial charge is 0.492 e. The first-order valence-corrected chi connectivity index (χ1v) is 14.7. The molecule has 0 bridgehead atoms. The van der Waals surface area contributed by atoms with E-state index in [0.717, 1.165) is 68.4 Å². The summed E-state index contributed by atoms with van der Waals surface area (Å²) in [6.45, 7) is 6.16. The number of fused-ring (bicyclic) bond motifs is 1. The summed E-state index contributed by atoms with van der Waals surface area (Å²) < 4.78 is 36.8. The van der Waals surface area contributed by atoms with E-state index in [9.17, 15) is 9.18 Å². The standard InChI is InChI=1S/C33H40FN3O5/c1-39-17-3-15-37-16-19-41-31-11-6-24(20-30(31)37)23-42-32-22-35-13-12-29(32)25-7-9-28(10-8-25)40-18-14-36-33(38)26-4-2-5-27(34)21-26/h2,4-11,20-21,29,32,35H,3,12-19,22-23H2,1H3,(H,36,38)/t29-,32+/m1/s1. The van der Waals surface area contributed by atoms with Crippen molar-refractivity contribution < 1.29 is 28.1 Å². The third-order valence-electron chi connectivity index (χ3n) is 7.70. The first-order valence-electron chi connectivity index (χ1n) is 14.7. The lowest BCUT2D eigenvalue weighted by Gasteiger charge is -2.33. The van der Waals surface area contributed by atoms with Crippen LogP contribution in [0, 0.1) is 5.82 Å². The maximum atomic E-state index is 13.3. The monoisotopic (exact) mass is 577 g/mol. The van der Waals surface area contributed by atoms with Crippen molar-refractivity contribution in [1.29, 1.82) is 0 Å². The van der Waals surface area contributed by atoms with Crippen molar-refractivity contribution in [3.8, 4) is 11.5 Å². The van der Waals surface area contributed by atoms with Gasteiger partial charge < -0.3 is 34.5 Å². The molecule has 0 radical (unpaired) electrons. The van der Waals surface area contributed by atoms with E-state index in [-0.39, 0.29) is 17.9 Å². The molecule has 0 unspecified atom stereocenters. The molecule has 1 fully saturated rings. The summed E-state index contributed by atoms with van der Waals surface area (Å²) in [5.41, 5.74) is 3.77. The fourth-order valence-corrected chi connectivity index (χ4v) is 5.51. The molecular formula is C33H40FN3O5. The Bertz CT molecular complexity index is 1310. The molecule has 2 aliphatic rings. The molecule has 3 aromatic carbocycles. The average Bonchev–Trinajstić information content (AvgIpc) is 3.02. The number of methoxy groups -OCH3 is 1. The molecule has 2 heterocycles. The lowest BCUT2D eigenvalue weighted by atomic mass is 9.87. The molecule has 8 nitrogen and oxygen atoms in total. The van der Waals surface area contributed by atoms with Gasteiger partial charge in [0.05, 0.1) is 31.5 Å². The number of amides is 1. The molecule has 1 amide bonds. The van der Waals surface area contributed by atoms with Crippen LogP contribution in [0.1, 0.15) is 40.2 Å². The third-order valence-corrected chi connectivity index (χ3v) is 7.70. The van der Waals surface area contributed by atoms with Crippen molar-refractivity contribution in [3.63, 3.8) is 0 Å². The van der Waals surface area contributed by atoms with Gasteiger partial charge in [-0.15, -0.1) is 0 Å². The fourth-order valence-electron chi connectivity index (χ4n) is 5.51. The van der Waals surface area contributed by atoms with E-state index in [1.165, 1.54) is 23.8 Å². The van der Waals surface area contributed by atoms with E-state index in [1.807, 2.05) is 12.1 Å². The maximum absolute atomic E-state index is 13.3. The number of nitrogens with one attached hydrogen (secondary N) is 2. The topological polar surface area (TPSA) is 81.3 Å². The summed E-state index contributed by atoms with van der Waals surface area (Å²) in [5, 5.41) is 6.24. The number of piperidine rings is 1. The molecule has 224 valence electrons. The van der Waals surface area contributed by atoms with Gasteiger partial charge in [0.15, 0.2) is 0 Å². The first kappa shape index (κ1) is 29.8. The van der Waals surface area contributed by atoms with Crippen LogP contribution in [0.3, 0.4) is 0 Å². The highest BCUT2D eigenvalue weighted by Crippen LogP contribution is 2.34. The van der Waals surface area contributed by atoms with E-state index < -0.39 is 5.82 Å². The minimum atomic E-state index is -0.435. The van der Waals surface area contributed by atoms with Gasteiger partial charge in [-0.3, -0.25) is 4.79 Å². The minimum absolute atomic E-state index is 0.0497. The molecule has 2 N–H and O–H groups in total. The summed E-state index contributed by atoms with van der Waals surface area (Å²) >= 11 is 0. The number of ether oxygens (including phenoxy) is 4. The Kier molecular flexibility index (Phi) is 10.6. The highest BCUT2D eigenvalue weighted by molar-refractivity contribution is 5.94. The summed E-state index contributed by atoms with van der Waals surface area (Å²) in [5.74, 6) is 1.17. The maximum Gasteiger partial charge on any atom is 0.251 e. The Hall–Kier alpha value is -3.66. The van der Waals surface area contributed by atoms with Crippen LogP contribution in [-0.4, -0.2) is 71.7 Å². The van der Waals surface area contributed by atoms with Gasteiger partial charge in [-0.25, -0.2) is 4.39 Å². The van der Waals surface area contributed by atoms with Crippen LogP contribution >= 0.6 is 0 Å². The number of rotatable bonds is 13. The highest BCUT2D eigenvalue weighted by atomic mass is 19.1. The Morgan fingerprint density at radius 1 is 1.12 bits per heavy atom. The molecule has 0 aliphatic carbocycles. The van der Waals surface area contributed by atoms with Gasteiger partial charge in [0.1, 0.15) is 30.5 Å². The summed E-state index contributed by atoms with van der Waals surface area (Å²) in [4.78, 5) is 14.5. The molecular weight excluding hydrogens is 537 g/mol. The molecule has 2 atom stereocenters. The van der Waals surface area contributed by atoms with Gasteiger partial charge in [0.25, 0.3) is 5.91 Å². The summed E-state index contributed by atoms with van der Waals surface area (Å²) in [6, 6.07) is 20.1. The molecule has 9 heteroatoms. The van der Waals surface area contributed by atoms with E-state index in [2.05, 4.69) is 45.9 Å². The number of halogens is 1. The number of hydrogen-bond donors (Lipinski definition) is 2. The smallest absolute Gasteiger partial charge is 0.251 e. The van der Waals surface area contributed by atoms with E-state index in [1.54, 1.807) is 13.2 Å². The van der Waals surface area contributed by atoms with Crippen LogP contribution in [0.25, 0.3) is 0 Å². The molecule has 3 aromatic rings. The third kappa shape index (κ3) is 8.00. The van der Waals surface area contributed by atoms with E-state index >= 15 is 0 Å². The predicted molar refractivity (Wildman–Crippen MR) is 160 cm³/mol. The quantitative estimate of drug-likeness (QED) is 0.289. The van der Waals surface area contributed by atoms with Gasteiger partial charge in [0.2, 0.25) is 0 Å². The Labute approximate surface area is 247 Å². The zero-order chi connectivity index (χ0) is 29.1. The molecule has 2 aliphatic heterocycles. The zero-order valence-corrected chi connectivity index (χ0v) is 24.2. The number of hydrogen-bond acceptors (Lipinski definition) is 7. The molecule has 5 rings (SSSR count).